The Bertz CT molecular complexity index is 634. The molecule has 1 aliphatic heterocycles. The number of carbonyl (C=O) groups is 2. The van der Waals surface area contributed by atoms with Crippen LogP contribution in [0.5, 0.6) is 0 Å². The molecular formula is C20H27NO3. The molecule has 1 aromatic rings. The number of nitrogens with zero attached hydrogens (tertiary/aromatic N) is 1. The molecule has 0 amide bonds. The number of ketones is 2. The van der Waals surface area contributed by atoms with Gasteiger partial charge in [-0.05, 0) is 43.0 Å². The number of anilines is 1. The number of benzene rings is 1. The predicted molar refractivity (Wildman–Crippen MR) is 97.1 cm³/mol. The highest BCUT2D eigenvalue weighted by Gasteiger charge is 2.35. The van der Waals surface area contributed by atoms with Crippen molar-refractivity contribution in [2.24, 2.45) is 0 Å². The molecule has 130 valence electrons. The zero-order valence-corrected chi connectivity index (χ0v) is 14.8. The summed E-state index contributed by atoms with van der Waals surface area (Å²) in [6.07, 6.45) is 4.70. The van der Waals surface area contributed by atoms with Crippen LogP contribution in [0.25, 0.3) is 5.57 Å². The molecule has 1 saturated heterocycles. The summed E-state index contributed by atoms with van der Waals surface area (Å²) in [5.41, 5.74) is 3.33. The lowest BCUT2D eigenvalue weighted by Gasteiger charge is -2.37. The molecule has 2 unspecified atom stereocenters. The topological polar surface area (TPSA) is 57.6 Å². The predicted octanol–water partition coefficient (Wildman–Crippen LogP) is 3.38. The van der Waals surface area contributed by atoms with Crippen LogP contribution < -0.4 is 4.90 Å². The van der Waals surface area contributed by atoms with Crippen LogP contribution in [0.2, 0.25) is 0 Å². The van der Waals surface area contributed by atoms with Gasteiger partial charge in [0.15, 0.2) is 0 Å². The van der Waals surface area contributed by atoms with Crippen molar-refractivity contribution in [2.45, 2.75) is 58.6 Å². The Hall–Kier alpha value is -1.94. The van der Waals surface area contributed by atoms with Crippen molar-refractivity contribution in [1.29, 1.82) is 0 Å². The molecule has 2 rings (SSSR count). The van der Waals surface area contributed by atoms with E-state index in [1.54, 1.807) is 6.92 Å². The van der Waals surface area contributed by atoms with Gasteiger partial charge in [-0.25, -0.2) is 0 Å². The minimum atomic E-state index is -0.674. The third-order valence-corrected chi connectivity index (χ3v) is 4.50. The van der Waals surface area contributed by atoms with Crippen LogP contribution >= 0.6 is 0 Å². The largest absolute Gasteiger partial charge is 0.391 e. The van der Waals surface area contributed by atoms with E-state index in [-0.39, 0.29) is 30.6 Å². The Balaban J connectivity index is 2.36. The molecule has 4 nitrogen and oxygen atoms in total. The fourth-order valence-corrected chi connectivity index (χ4v) is 3.25. The Labute approximate surface area is 144 Å². The van der Waals surface area contributed by atoms with Crippen LogP contribution in [-0.2, 0) is 9.59 Å². The van der Waals surface area contributed by atoms with Gasteiger partial charge in [-0.2, -0.15) is 0 Å². The highest BCUT2D eigenvalue weighted by molar-refractivity contribution is 6.39. The van der Waals surface area contributed by atoms with Crippen LogP contribution in [-0.4, -0.2) is 35.4 Å². The molecule has 1 fully saturated rings. The third-order valence-electron chi connectivity index (χ3n) is 4.50. The smallest absolute Gasteiger partial charge is 0.217 e. The van der Waals surface area contributed by atoms with Gasteiger partial charge in [-0.3, -0.25) is 9.59 Å². The molecule has 0 radical (unpaired) electrons. The molecule has 0 aliphatic carbocycles. The first-order valence-corrected chi connectivity index (χ1v) is 8.78. The molecule has 2 atom stereocenters. The lowest BCUT2D eigenvalue weighted by molar-refractivity contribution is -0.137. The van der Waals surface area contributed by atoms with Crippen molar-refractivity contribution in [3.63, 3.8) is 0 Å². The van der Waals surface area contributed by atoms with Gasteiger partial charge in [0.1, 0.15) is 0 Å². The van der Waals surface area contributed by atoms with Gasteiger partial charge in [0.05, 0.1) is 18.7 Å². The zero-order chi connectivity index (χ0) is 17.7. The fraction of sp³-hybridized carbons (Fsp3) is 0.500. The zero-order valence-electron chi connectivity index (χ0n) is 14.8. The van der Waals surface area contributed by atoms with Crippen LogP contribution in [0.15, 0.2) is 30.3 Å². The van der Waals surface area contributed by atoms with E-state index in [1.165, 1.54) is 5.57 Å². The maximum atomic E-state index is 11.9. The van der Waals surface area contributed by atoms with Gasteiger partial charge < -0.3 is 10.0 Å². The number of hydrogen-bond donors (Lipinski definition) is 1. The number of rotatable bonds is 6. The number of carbonyl (C=O) groups excluding carboxylic acids is 2. The average Bonchev–Trinajstić information content (AvgIpc) is 2.56. The van der Waals surface area contributed by atoms with Crippen LogP contribution in [0.1, 0.15) is 52.0 Å². The Morgan fingerprint density at radius 1 is 1.33 bits per heavy atom. The lowest BCUT2D eigenvalue weighted by atomic mass is 9.94. The van der Waals surface area contributed by atoms with Crippen molar-refractivity contribution < 1.29 is 14.7 Å². The molecule has 0 aromatic heterocycles. The van der Waals surface area contributed by atoms with Gasteiger partial charge in [-0.15, -0.1) is 0 Å². The van der Waals surface area contributed by atoms with Crippen molar-refractivity contribution in [1.82, 2.24) is 0 Å². The number of aliphatic hydroxyl groups is 1. The maximum absolute atomic E-state index is 11.9. The Morgan fingerprint density at radius 3 is 2.71 bits per heavy atom. The fourth-order valence-electron chi connectivity index (χ4n) is 3.25. The van der Waals surface area contributed by atoms with Gasteiger partial charge in [0.2, 0.25) is 11.6 Å². The summed E-state index contributed by atoms with van der Waals surface area (Å²) in [6, 6.07) is 7.71. The average molecular weight is 329 g/mol. The van der Waals surface area contributed by atoms with Crippen LogP contribution in [0.4, 0.5) is 5.69 Å². The number of allylic oxidation sites excluding steroid dienone is 2. The summed E-state index contributed by atoms with van der Waals surface area (Å²) in [7, 11) is 0. The summed E-state index contributed by atoms with van der Waals surface area (Å²) in [5, 5.41) is 10.0. The normalized spacial score (nSPS) is 20.4. The van der Waals surface area contributed by atoms with Crippen molar-refractivity contribution in [3.8, 4) is 0 Å². The number of hydrogen-bond acceptors (Lipinski definition) is 4. The minimum absolute atomic E-state index is 0.0401. The van der Waals surface area contributed by atoms with E-state index in [9.17, 15) is 14.7 Å². The van der Waals surface area contributed by atoms with Gasteiger partial charge in [0, 0.05) is 12.1 Å². The summed E-state index contributed by atoms with van der Waals surface area (Å²) in [6.45, 7) is 5.99. The highest BCUT2D eigenvalue weighted by atomic mass is 16.3. The van der Waals surface area contributed by atoms with E-state index in [1.807, 2.05) is 17.0 Å². The monoisotopic (exact) mass is 329 g/mol. The summed E-state index contributed by atoms with van der Waals surface area (Å²) in [5.74, 6) is -0.763. The van der Waals surface area contributed by atoms with E-state index in [0.717, 1.165) is 30.5 Å². The van der Waals surface area contributed by atoms with Crippen LogP contribution in [0.3, 0.4) is 0 Å². The molecule has 0 saturated carbocycles. The lowest BCUT2D eigenvalue weighted by Crippen LogP contribution is -2.52. The highest BCUT2D eigenvalue weighted by Crippen LogP contribution is 2.29. The second-order valence-electron chi connectivity index (χ2n) is 6.42. The molecule has 0 bridgehead atoms. The number of aliphatic hydroxyl groups excluding tert-OH is 1. The molecule has 1 aliphatic rings. The second-order valence-corrected chi connectivity index (χ2v) is 6.42. The van der Waals surface area contributed by atoms with E-state index in [2.05, 4.69) is 32.1 Å². The third kappa shape index (κ3) is 4.12. The van der Waals surface area contributed by atoms with Crippen molar-refractivity contribution >= 4 is 22.8 Å². The van der Waals surface area contributed by atoms with E-state index < -0.39 is 6.10 Å². The van der Waals surface area contributed by atoms with Crippen molar-refractivity contribution in [2.75, 3.05) is 11.4 Å². The van der Waals surface area contributed by atoms with E-state index in [0.29, 0.717) is 0 Å². The molecule has 0 spiro atoms. The number of Topliss-reactive ketones (excluding diaryl/α,β-unsaturated/α-hetero) is 2. The summed E-state index contributed by atoms with van der Waals surface area (Å²) < 4.78 is 0. The minimum Gasteiger partial charge on any atom is -0.391 e. The quantitative estimate of drug-likeness (QED) is 0.813. The molecule has 4 heteroatoms. The molecule has 1 aromatic carbocycles. The Morgan fingerprint density at radius 2 is 2.08 bits per heavy atom. The molecular weight excluding hydrogens is 302 g/mol. The van der Waals surface area contributed by atoms with E-state index >= 15 is 0 Å². The molecule has 1 heterocycles. The van der Waals surface area contributed by atoms with Crippen molar-refractivity contribution in [3.05, 3.63) is 35.9 Å². The first-order chi connectivity index (χ1) is 11.5. The standard InChI is InChI=1S/C20H27NO3/c1-4-7-15(8-5-2)16-9-6-10-17(11-16)21-13-20(24)19(23)12-18(21)14(3)22/h6-7,9-11,14,18,22H,4-5,8,12-13H2,1-3H3. The van der Waals surface area contributed by atoms with Gasteiger partial charge >= 0.3 is 0 Å². The molecule has 1 N–H and O–H groups in total. The summed E-state index contributed by atoms with van der Waals surface area (Å²) >= 11 is 0. The molecule has 24 heavy (non-hydrogen) atoms. The Kier molecular flexibility index (Phi) is 6.32. The first kappa shape index (κ1) is 18.4. The van der Waals surface area contributed by atoms with Gasteiger partial charge in [-0.1, -0.05) is 38.5 Å². The van der Waals surface area contributed by atoms with E-state index in [4.69, 9.17) is 0 Å². The van der Waals surface area contributed by atoms with Gasteiger partial charge in [0.25, 0.3) is 0 Å². The number of piperidine rings is 1. The second kappa shape index (κ2) is 8.25. The SMILES string of the molecule is CCC=C(CCC)c1cccc(N2CC(=O)C(=O)CC2C(C)O)c1. The first-order valence-electron chi connectivity index (χ1n) is 8.78. The maximum Gasteiger partial charge on any atom is 0.217 e. The summed E-state index contributed by atoms with van der Waals surface area (Å²) in [4.78, 5) is 25.5. The van der Waals surface area contributed by atoms with Crippen LogP contribution in [0, 0.1) is 0 Å².